The van der Waals surface area contributed by atoms with Crippen LogP contribution in [0.2, 0.25) is 0 Å². The zero-order valence-corrected chi connectivity index (χ0v) is 12.7. The van der Waals surface area contributed by atoms with Crippen LogP contribution in [0.3, 0.4) is 0 Å². The van der Waals surface area contributed by atoms with Crippen molar-refractivity contribution in [3.8, 4) is 5.69 Å². The van der Waals surface area contributed by atoms with Gasteiger partial charge in [0, 0.05) is 31.4 Å². The van der Waals surface area contributed by atoms with Gasteiger partial charge in [0.25, 0.3) is 5.91 Å². The van der Waals surface area contributed by atoms with Crippen molar-refractivity contribution in [3.63, 3.8) is 0 Å². The molecule has 1 aliphatic heterocycles. The fourth-order valence-corrected chi connectivity index (χ4v) is 2.86. The molecule has 0 saturated carbocycles. The standard InChI is InChI=1S/C16H19FN4O/c1-11-9-20(10-12(2)18-11)16(22)14-7-8-21(19-14)15-6-4-3-5-13(15)17/h3-8,11-12,18H,9-10H2,1-2H3/t11-,12+. The Bertz CT molecular complexity index is 674. The molecular formula is C16H19FN4O. The van der Waals surface area contributed by atoms with E-state index < -0.39 is 0 Å². The molecule has 3 rings (SSSR count). The Morgan fingerprint density at radius 1 is 1.23 bits per heavy atom. The van der Waals surface area contributed by atoms with Gasteiger partial charge in [0.1, 0.15) is 11.5 Å². The topological polar surface area (TPSA) is 50.2 Å². The second-order valence-electron chi connectivity index (χ2n) is 5.78. The van der Waals surface area contributed by atoms with Gasteiger partial charge in [-0.25, -0.2) is 9.07 Å². The van der Waals surface area contributed by atoms with Crippen LogP contribution in [0, 0.1) is 5.82 Å². The Balaban J connectivity index is 1.82. The quantitative estimate of drug-likeness (QED) is 0.921. The van der Waals surface area contributed by atoms with E-state index in [4.69, 9.17) is 0 Å². The number of hydrogen-bond acceptors (Lipinski definition) is 3. The van der Waals surface area contributed by atoms with E-state index in [0.29, 0.717) is 24.5 Å². The van der Waals surface area contributed by atoms with Gasteiger partial charge in [-0.1, -0.05) is 12.1 Å². The van der Waals surface area contributed by atoms with E-state index in [9.17, 15) is 9.18 Å². The minimum atomic E-state index is -0.367. The van der Waals surface area contributed by atoms with Crippen LogP contribution in [0.15, 0.2) is 36.5 Å². The second kappa shape index (κ2) is 5.88. The van der Waals surface area contributed by atoms with Crippen molar-refractivity contribution in [2.24, 2.45) is 0 Å². The first-order valence-corrected chi connectivity index (χ1v) is 7.40. The number of rotatable bonds is 2. The lowest BCUT2D eigenvalue weighted by atomic mass is 10.1. The van der Waals surface area contributed by atoms with Crippen molar-refractivity contribution < 1.29 is 9.18 Å². The fraction of sp³-hybridized carbons (Fsp3) is 0.375. The molecule has 1 fully saturated rings. The molecule has 1 N–H and O–H groups in total. The molecule has 1 saturated heterocycles. The number of para-hydroxylation sites is 1. The van der Waals surface area contributed by atoms with Gasteiger partial charge in [-0.2, -0.15) is 5.10 Å². The van der Waals surface area contributed by atoms with Gasteiger partial charge in [-0.3, -0.25) is 4.79 Å². The molecule has 0 bridgehead atoms. The highest BCUT2D eigenvalue weighted by atomic mass is 19.1. The summed E-state index contributed by atoms with van der Waals surface area (Å²) in [6.07, 6.45) is 1.61. The molecule has 0 unspecified atom stereocenters. The van der Waals surface area contributed by atoms with Gasteiger partial charge in [0.2, 0.25) is 0 Å². The van der Waals surface area contributed by atoms with E-state index in [1.54, 1.807) is 35.4 Å². The third kappa shape index (κ3) is 2.87. The van der Waals surface area contributed by atoms with Crippen LogP contribution >= 0.6 is 0 Å². The first-order valence-electron chi connectivity index (χ1n) is 7.40. The highest BCUT2D eigenvalue weighted by molar-refractivity contribution is 5.92. The fourth-order valence-electron chi connectivity index (χ4n) is 2.86. The minimum Gasteiger partial charge on any atom is -0.334 e. The van der Waals surface area contributed by atoms with Gasteiger partial charge >= 0.3 is 0 Å². The lowest BCUT2D eigenvalue weighted by molar-refractivity contribution is 0.0667. The monoisotopic (exact) mass is 302 g/mol. The molecule has 0 radical (unpaired) electrons. The predicted octanol–water partition coefficient (Wildman–Crippen LogP) is 1.83. The number of halogens is 1. The molecule has 0 aliphatic carbocycles. The second-order valence-corrected chi connectivity index (χ2v) is 5.78. The number of nitrogens with zero attached hydrogens (tertiary/aromatic N) is 3. The Morgan fingerprint density at radius 2 is 1.91 bits per heavy atom. The molecule has 2 heterocycles. The summed E-state index contributed by atoms with van der Waals surface area (Å²) in [6.45, 7) is 5.40. The summed E-state index contributed by atoms with van der Waals surface area (Å²) in [5.74, 6) is -0.482. The Labute approximate surface area is 128 Å². The average molecular weight is 302 g/mol. The van der Waals surface area contributed by atoms with Crippen molar-refractivity contribution in [1.29, 1.82) is 0 Å². The first-order chi connectivity index (χ1) is 10.5. The molecule has 5 nitrogen and oxygen atoms in total. The summed E-state index contributed by atoms with van der Waals surface area (Å²) in [7, 11) is 0. The van der Waals surface area contributed by atoms with Gasteiger partial charge in [0.15, 0.2) is 5.69 Å². The van der Waals surface area contributed by atoms with Crippen molar-refractivity contribution in [2.45, 2.75) is 25.9 Å². The molecule has 1 aliphatic rings. The summed E-state index contributed by atoms with van der Waals surface area (Å²) in [6, 6.07) is 8.50. The summed E-state index contributed by atoms with van der Waals surface area (Å²) < 4.78 is 15.2. The van der Waals surface area contributed by atoms with Gasteiger partial charge < -0.3 is 10.2 Å². The Morgan fingerprint density at radius 3 is 2.59 bits per heavy atom. The smallest absolute Gasteiger partial charge is 0.274 e. The highest BCUT2D eigenvalue weighted by Gasteiger charge is 2.26. The highest BCUT2D eigenvalue weighted by Crippen LogP contribution is 2.14. The van der Waals surface area contributed by atoms with Crippen LogP contribution in [0.1, 0.15) is 24.3 Å². The van der Waals surface area contributed by atoms with E-state index >= 15 is 0 Å². The summed E-state index contributed by atoms with van der Waals surface area (Å²) in [5.41, 5.74) is 0.674. The number of carbonyl (C=O) groups is 1. The largest absolute Gasteiger partial charge is 0.334 e. The van der Waals surface area contributed by atoms with Crippen LogP contribution in [0.5, 0.6) is 0 Å². The van der Waals surface area contributed by atoms with Gasteiger partial charge in [0.05, 0.1) is 0 Å². The normalized spacial score (nSPS) is 21.9. The van der Waals surface area contributed by atoms with Crippen molar-refractivity contribution >= 4 is 5.91 Å². The maximum absolute atomic E-state index is 13.8. The summed E-state index contributed by atoms with van der Waals surface area (Å²) in [4.78, 5) is 14.3. The number of nitrogens with one attached hydrogen (secondary N) is 1. The Hall–Kier alpha value is -2.21. The minimum absolute atomic E-state index is 0.115. The van der Waals surface area contributed by atoms with Crippen molar-refractivity contribution in [1.82, 2.24) is 20.0 Å². The zero-order chi connectivity index (χ0) is 15.7. The van der Waals surface area contributed by atoms with Crippen LogP contribution in [-0.4, -0.2) is 45.8 Å². The van der Waals surface area contributed by atoms with E-state index in [0.717, 1.165) is 0 Å². The summed E-state index contributed by atoms with van der Waals surface area (Å²) in [5, 5.41) is 7.62. The predicted molar refractivity (Wildman–Crippen MR) is 81.5 cm³/mol. The molecule has 0 spiro atoms. The van der Waals surface area contributed by atoms with Crippen LogP contribution in [0.25, 0.3) is 5.69 Å². The molecule has 6 heteroatoms. The number of aromatic nitrogens is 2. The molecule has 1 aromatic carbocycles. The number of amides is 1. The maximum Gasteiger partial charge on any atom is 0.274 e. The maximum atomic E-state index is 13.8. The van der Waals surface area contributed by atoms with E-state index in [2.05, 4.69) is 10.4 Å². The molecule has 116 valence electrons. The SMILES string of the molecule is C[C@@H]1CN(C(=O)c2ccn(-c3ccccc3F)n2)C[C@H](C)N1. The molecular weight excluding hydrogens is 283 g/mol. The van der Waals surface area contributed by atoms with Crippen molar-refractivity contribution in [3.05, 3.63) is 48.0 Å². The number of carbonyl (C=O) groups excluding carboxylic acids is 1. The number of piperazine rings is 1. The molecule has 22 heavy (non-hydrogen) atoms. The van der Waals surface area contributed by atoms with E-state index in [1.807, 2.05) is 13.8 Å². The van der Waals surface area contributed by atoms with Crippen LogP contribution < -0.4 is 5.32 Å². The average Bonchev–Trinajstić information content (AvgIpc) is 2.95. The lowest BCUT2D eigenvalue weighted by Crippen LogP contribution is -2.55. The van der Waals surface area contributed by atoms with Gasteiger partial charge in [-0.05, 0) is 32.0 Å². The van der Waals surface area contributed by atoms with E-state index in [-0.39, 0.29) is 23.8 Å². The molecule has 2 aromatic rings. The van der Waals surface area contributed by atoms with Crippen LogP contribution in [0.4, 0.5) is 4.39 Å². The lowest BCUT2D eigenvalue weighted by Gasteiger charge is -2.35. The first kappa shape index (κ1) is 14.7. The van der Waals surface area contributed by atoms with Gasteiger partial charge in [-0.15, -0.1) is 0 Å². The molecule has 1 aromatic heterocycles. The Kier molecular flexibility index (Phi) is 3.94. The molecule has 2 atom stereocenters. The van der Waals surface area contributed by atoms with Crippen LogP contribution in [-0.2, 0) is 0 Å². The third-order valence-electron chi connectivity index (χ3n) is 3.75. The van der Waals surface area contributed by atoms with Crippen molar-refractivity contribution in [2.75, 3.05) is 13.1 Å². The zero-order valence-electron chi connectivity index (χ0n) is 12.7. The number of benzene rings is 1. The third-order valence-corrected chi connectivity index (χ3v) is 3.75. The van der Waals surface area contributed by atoms with E-state index in [1.165, 1.54) is 10.7 Å². The summed E-state index contributed by atoms with van der Waals surface area (Å²) >= 11 is 0. The molecule has 1 amide bonds. The number of hydrogen-bond donors (Lipinski definition) is 1.